The van der Waals surface area contributed by atoms with Gasteiger partial charge in [0.15, 0.2) is 0 Å². The second-order valence-electron chi connectivity index (χ2n) is 11.7. The maximum Gasteiger partial charge on any atom is 0.150 e. The number of carbonyl (C=O) groups is 1. The van der Waals surface area contributed by atoms with Gasteiger partial charge in [-0.1, -0.05) is 164 Å². The van der Waals surface area contributed by atoms with Crippen molar-refractivity contribution in [2.45, 2.75) is 20.8 Å². The van der Waals surface area contributed by atoms with E-state index in [0.29, 0.717) is 10.6 Å². The van der Waals surface area contributed by atoms with E-state index in [0.717, 1.165) is 23.0 Å². The van der Waals surface area contributed by atoms with Gasteiger partial charge < -0.3 is 0 Å². The Hall–Kier alpha value is -5.50. The predicted octanol–water partition coefficient (Wildman–Crippen LogP) is 13.1. The molecule has 0 radical (unpaired) electrons. The van der Waals surface area contributed by atoms with Crippen LogP contribution in [0.3, 0.4) is 0 Å². The zero-order valence-electron chi connectivity index (χ0n) is 27.7. The summed E-state index contributed by atoms with van der Waals surface area (Å²) in [6.07, 6.45) is 11.1. The number of benzene rings is 6. The van der Waals surface area contributed by atoms with Crippen molar-refractivity contribution in [3.05, 3.63) is 195 Å². The predicted molar refractivity (Wildman–Crippen MR) is 209 cm³/mol. The summed E-state index contributed by atoms with van der Waals surface area (Å²) in [5.74, 6) is 0. The van der Waals surface area contributed by atoms with E-state index in [2.05, 4.69) is 137 Å². The lowest BCUT2D eigenvalue weighted by atomic mass is 9.95. The van der Waals surface area contributed by atoms with Crippen molar-refractivity contribution >= 4 is 48.3 Å². The van der Waals surface area contributed by atoms with E-state index in [1.54, 1.807) is 18.2 Å². The monoisotopic (exact) mass is 642 g/mol. The molecule has 0 atom stereocenters. The van der Waals surface area contributed by atoms with Crippen LogP contribution in [0.25, 0.3) is 52.6 Å². The summed E-state index contributed by atoms with van der Waals surface area (Å²) in [4.78, 5) is 10.9. The van der Waals surface area contributed by atoms with Gasteiger partial charge in [0, 0.05) is 10.6 Å². The zero-order valence-corrected chi connectivity index (χ0v) is 28.4. The largest absolute Gasteiger partial charge is 0.298 e. The summed E-state index contributed by atoms with van der Waals surface area (Å²) in [6.45, 7) is 10.3. The van der Waals surface area contributed by atoms with Gasteiger partial charge in [-0.15, -0.1) is 0 Å². The van der Waals surface area contributed by atoms with Crippen molar-refractivity contribution in [1.82, 2.24) is 0 Å². The van der Waals surface area contributed by atoms with Crippen molar-refractivity contribution in [2.75, 3.05) is 0 Å². The molecule has 0 aliphatic heterocycles. The third kappa shape index (κ3) is 8.45. The van der Waals surface area contributed by atoms with Crippen molar-refractivity contribution in [3.63, 3.8) is 0 Å². The Morgan fingerprint density at radius 1 is 0.500 bits per heavy atom. The highest BCUT2D eigenvalue weighted by Gasteiger charge is 2.06. The van der Waals surface area contributed by atoms with E-state index < -0.39 is 0 Å². The van der Waals surface area contributed by atoms with Gasteiger partial charge in [-0.2, -0.15) is 0 Å². The Bertz CT molecular complexity index is 1930. The SMILES string of the molecule is C=Cc1ccc(C)c(/C=C/c2cccc(-c3ccccc3)c2C)c1.Cc1c(/C=C/c2cc(C=O)ccc2Cl)cccc1-c1ccccc1. The number of rotatable bonds is 8. The van der Waals surface area contributed by atoms with Crippen LogP contribution in [0.4, 0.5) is 0 Å². The fraction of sp³-hybridized carbons (Fsp3) is 0.0652. The molecule has 0 fully saturated rings. The first-order chi connectivity index (χ1) is 23.4. The van der Waals surface area contributed by atoms with E-state index in [1.165, 1.54) is 50.1 Å². The molecule has 6 aromatic rings. The number of hydrogen-bond donors (Lipinski definition) is 0. The molecule has 0 saturated carbocycles. The Morgan fingerprint density at radius 3 is 1.50 bits per heavy atom. The van der Waals surface area contributed by atoms with Crippen LogP contribution in [0.1, 0.15) is 54.9 Å². The molecule has 0 bridgehead atoms. The molecule has 0 heterocycles. The molecule has 6 rings (SSSR count). The average Bonchev–Trinajstić information content (AvgIpc) is 3.13. The van der Waals surface area contributed by atoms with Crippen LogP contribution in [-0.4, -0.2) is 6.29 Å². The van der Waals surface area contributed by atoms with Crippen molar-refractivity contribution in [2.24, 2.45) is 0 Å². The van der Waals surface area contributed by atoms with Crippen LogP contribution >= 0.6 is 11.6 Å². The summed E-state index contributed by atoms with van der Waals surface area (Å²) in [5.41, 5.74) is 15.0. The second-order valence-corrected chi connectivity index (χ2v) is 12.1. The lowest BCUT2D eigenvalue weighted by Crippen LogP contribution is -1.87. The van der Waals surface area contributed by atoms with Crippen molar-refractivity contribution < 1.29 is 4.79 Å². The van der Waals surface area contributed by atoms with Crippen LogP contribution in [0.2, 0.25) is 5.02 Å². The lowest BCUT2D eigenvalue weighted by Gasteiger charge is -2.09. The molecule has 0 spiro atoms. The van der Waals surface area contributed by atoms with Gasteiger partial charge in [0.1, 0.15) is 6.29 Å². The third-order valence-electron chi connectivity index (χ3n) is 8.50. The second kappa shape index (κ2) is 16.4. The fourth-order valence-electron chi connectivity index (χ4n) is 5.62. The smallest absolute Gasteiger partial charge is 0.150 e. The van der Waals surface area contributed by atoms with E-state index in [1.807, 2.05) is 36.4 Å². The quantitative estimate of drug-likeness (QED) is 0.119. The minimum absolute atomic E-state index is 0.619. The average molecular weight is 643 g/mol. The molecule has 48 heavy (non-hydrogen) atoms. The summed E-state index contributed by atoms with van der Waals surface area (Å²) >= 11 is 6.22. The van der Waals surface area contributed by atoms with Gasteiger partial charge in [-0.25, -0.2) is 0 Å². The van der Waals surface area contributed by atoms with Crippen LogP contribution < -0.4 is 0 Å². The molecular weight excluding hydrogens is 604 g/mol. The maximum absolute atomic E-state index is 10.9. The summed E-state index contributed by atoms with van der Waals surface area (Å²) < 4.78 is 0. The number of halogens is 1. The fourth-order valence-corrected chi connectivity index (χ4v) is 5.80. The first kappa shape index (κ1) is 33.9. The van der Waals surface area contributed by atoms with Crippen LogP contribution in [0.5, 0.6) is 0 Å². The first-order valence-corrected chi connectivity index (χ1v) is 16.4. The number of aryl methyl sites for hydroxylation is 1. The van der Waals surface area contributed by atoms with E-state index in [4.69, 9.17) is 11.6 Å². The Kier molecular flexibility index (Phi) is 11.5. The summed E-state index contributed by atoms with van der Waals surface area (Å²) in [7, 11) is 0. The molecule has 0 aliphatic rings. The molecule has 236 valence electrons. The van der Waals surface area contributed by atoms with Crippen LogP contribution in [0, 0.1) is 20.8 Å². The Labute approximate surface area is 290 Å². The van der Waals surface area contributed by atoms with Crippen molar-refractivity contribution in [3.8, 4) is 22.3 Å². The van der Waals surface area contributed by atoms with Crippen LogP contribution in [-0.2, 0) is 0 Å². The standard InChI is InChI=1S/C24H22.C22H17ClO/c1-4-20-14-13-18(2)23(17-20)16-15-21-11-8-12-24(19(21)3)22-9-6-5-7-10-22;1-16-18(8-5-9-21(16)19-6-3-2-4-7-19)11-12-20-14-17(15-24)10-13-22(20)23/h4-17H,1H2,2-3H3;2-15H,1H3/b16-15+;12-11+. The first-order valence-electron chi connectivity index (χ1n) is 16.0. The number of aldehydes is 1. The van der Waals surface area contributed by atoms with E-state index in [9.17, 15) is 4.79 Å². The highest BCUT2D eigenvalue weighted by atomic mass is 35.5. The highest BCUT2D eigenvalue weighted by Crippen LogP contribution is 2.29. The molecule has 0 aromatic heterocycles. The molecule has 0 saturated heterocycles. The number of carbonyl (C=O) groups excluding carboxylic acids is 1. The highest BCUT2D eigenvalue weighted by molar-refractivity contribution is 6.32. The molecule has 0 unspecified atom stereocenters. The molecule has 0 amide bonds. The zero-order chi connectivity index (χ0) is 33.9. The minimum Gasteiger partial charge on any atom is -0.298 e. The molecular formula is C46H39ClO. The van der Waals surface area contributed by atoms with Gasteiger partial charge >= 0.3 is 0 Å². The molecule has 2 heteroatoms. The van der Waals surface area contributed by atoms with Crippen molar-refractivity contribution in [1.29, 1.82) is 0 Å². The van der Waals surface area contributed by atoms with Gasteiger partial charge in [-0.05, 0) is 106 Å². The minimum atomic E-state index is 0.619. The molecule has 6 aromatic carbocycles. The third-order valence-corrected chi connectivity index (χ3v) is 8.85. The normalized spacial score (nSPS) is 10.9. The van der Waals surface area contributed by atoms with E-state index >= 15 is 0 Å². The molecule has 0 aliphatic carbocycles. The summed E-state index contributed by atoms with van der Waals surface area (Å²) in [6, 6.07) is 45.3. The maximum atomic E-state index is 10.9. The van der Waals surface area contributed by atoms with E-state index in [-0.39, 0.29) is 0 Å². The Morgan fingerprint density at radius 2 is 0.979 bits per heavy atom. The molecule has 1 nitrogen and oxygen atoms in total. The van der Waals surface area contributed by atoms with Crippen LogP contribution in [0.15, 0.2) is 140 Å². The van der Waals surface area contributed by atoms with Gasteiger partial charge in [0.2, 0.25) is 0 Å². The summed E-state index contributed by atoms with van der Waals surface area (Å²) in [5, 5.41) is 0.633. The topological polar surface area (TPSA) is 17.1 Å². The molecule has 0 N–H and O–H groups in total. The van der Waals surface area contributed by atoms with Gasteiger partial charge in [-0.3, -0.25) is 4.79 Å². The lowest BCUT2D eigenvalue weighted by molar-refractivity contribution is 0.112. The number of hydrogen-bond acceptors (Lipinski definition) is 1. The van der Waals surface area contributed by atoms with Gasteiger partial charge in [0.25, 0.3) is 0 Å². The Balaban J connectivity index is 0.000000188. The van der Waals surface area contributed by atoms with Gasteiger partial charge in [0.05, 0.1) is 0 Å².